The van der Waals surface area contributed by atoms with Crippen LogP contribution in [0.15, 0.2) is 0 Å². The first-order valence-corrected chi connectivity index (χ1v) is 7.65. The maximum Gasteiger partial charge on any atom is 0.328 e. The van der Waals surface area contributed by atoms with E-state index in [0.717, 1.165) is 0 Å². The Morgan fingerprint density at radius 2 is 1.95 bits per heavy atom. The quantitative estimate of drug-likeness (QED) is 0.595. The molecular weight excluding hydrogens is 276 g/mol. The van der Waals surface area contributed by atoms with Crippen molar-refractivity contribution >= 4 is 21.8 Å². The zero-order valence-corrected chi connectivity index (χ0v) is 11.4. The van der Waals surface area contributed by atoms with E-state index in [1.54, 1.807) is 0 Å². The predicted molar refractivity (Wildman–Crippen MR) is 66.6 cm³/mol. The number of rotatable bonds is 5. The first-order chi connectivity index (χ1) is 8.84. The van der Waals surface area contributed by atoms with Crippen molar-refractivity contribution in [1.82, 2.24) is 10.6 Å². The third kappa shape index (κ3) is 5.43. The van der Waals surface area contributed by atoms with Crippen LogP contribution < -0.4 is 10.6 Å². The molecule has 1 aliphatic heterocycles. The molecule has 1 aliphatic rings. The summed E-state index contributed by atoms with van der Waals surface area (Å²) >= 11 is 0. The van der Waals surface area contributed by atoms with Gasteiger partial charge < -0.3 is 20.5 Å². The van der Waals surface area contributed by atoms with Crippen LogP contribution in [0.4, 0.5) is 4.79 Å². The van der Waals surface area contributed by atoms with E-state index in [2.05, 4.69) is 15.4 Å². The fourth-order valence-corrected chi connectivity index (χ4v) is 3.25. The second-order valence-electron chi connectivity index (χ2n) is 4.39. The van der Waals surface area contributed by atoms with Gasteiger partial charge in [0, 0.05) is 13.2 Å². The molecule has 3 N–H and O–H groups in total. The van der Waals surface area contributed by atoms with Crippen LogP contribution >= 0.6 is 0 Å². The third-order valence-electron chi connectivity index (χ3n) is 2.83. The molecule has 1 saturated heterocycles. The molecule has 0 aliphatic carbocycles. The third-order valence-corrected chi connectivity index (χ3v) is 4.54. The van der Waals surface area contributed by atoms with E-state index < -0.39 is 27.9 Å². The number of hydrogen-bond donors (Lipinski definition) is 3. The summed E-state index contributed by atoms with van der Waals surface area (Å²) in [5.41, 5.74) is 0. The molecule has 0 spiro atoms. The van der Waals surface area contributed by atoms with E-state index in [1.807, 2.05) is 0 Å². The van der Waals surface area contributed by atoms with Gasteiger partial charge in [-0.05, 0) is 12.8 Å². The summed E-state index contributed by atoms with van der Waals surface area (Å²) in [6.45, 7) is -0.137. The highest BCUT2D eigenvalue weighted by atomic mass is 32.2. The molecule has 8 nitrogen and oxygen atoms in total. The van der Waals surface area contributed by atoms with Crippen molar-refractivity contribution in [1.29, 1.82) is 0 Å². The average molecular weight is 294 g/mol. The number of methoxy groups -OCH3 is 1. The number of ether oxygens (including phenoxy) is 1. The smallest absolute Gasteiger partial charge is 0.328 e. The molecule has 1 rings (SSSR count). The molecule has 0 aromatic rings. The van der Waals surface area contributed by atoms with E-state index in [4.69, 9.17) is 5.11 Å². The minimum Gasteiger partial charge on any atom is -0.480 e. The molecule has 0 aromatic carbocycles. The summed E-state index contributed by atoms with van der Waals surface area (Å²) in [4.78, 5) is 22.4. The monoisotopic (exact) mass is 294 g/mol. The molecule has 19 heavy (non-hydrogen) atoms. The Morgan fingerprint density at radius 3 is 2.42 bits per heavy atom. The molecule has 110 valence electrons. The van der Waals surface area contributed by atoms with Crippen LogP contribution in [0.5, 0.6) is 0 Å². The Morgan fingerprint density at radius 1 is 1.37 bits per heavy atom. The molecule has 1 atom stereocenters. The molecule has 0 saturated carbocycles. The summed E-state index contributed by atoms with van der Waals surface area (Å²) in [6, 6.07) is -2.01. The van der Waals surface area contributed by atoms with Gasteiger partial charge in [-0.1, -0.05) is 0 Å². The minimum absolute atomic E-state index is 0.0401. The highest BCUT2D eigenvalue weighted by Gasteiger charge is 2.26. The number of carbonyl (C=O) groups is 2. The number of nitrogens with one attached hydrogen (secondary N) is 2. The van der Waals surface area contributed by atoms with E-state index in [0.29, 0.717) is 12.8 Å². The van der Waals surface area contributed by atoms with Crippen molar-refractivity contribution in [3.63, 3.8) is 0 Å². The van der Waals surface area contributed by atoms with Gasteiger partial charge in [0.15, 0.2) is 6.04 Å². The number of carboxylic acids is 1. The Kier molecular flexibility index (Phi) is 5.55. The molecule has 2 amide bonds. The average Bonchev–Trinajstić information content (AvgIpc) is 2.31. The van der Waals surface area contributed by atoms with Crippen LogP contribution in [0.1, 0.15) is 12.8 Å². The van der Waals surface area contributed by atoms with Crippen molar-refractivity contribution in [2.45, 2.75) is 24.9 Å². The van der Waals surface area contributed by atoms with Gasteiger partial charge in [0.25, 0.3) is 0 Å². The van der Waals surface area contributed by atoms with Gasteiger partial charge in [0.1, 0.15) is 9.84 Å². The van der Waals surface area contributed by atoms with Crippen molar-refractivity contribution in [2.24, 2.45) is 0 Å². The number of carbonyl (C=O) groups excluding carboxylic acids is 1. The number of urea groups is 1. The van der Waals surface area contributed by atoms with Crippen LogP contribution in [-0.2, 0) is 19.4 Å². The lowest BCUT2D eigenvalue weighted by Crippen LogP contribution is -2.52. The van der Waals surface area contributed by atoms with Crippen LogP contribution in [0.3, 0.4) is 0 Å². The van der Waals surface area contributed by atoms with Crippen molar-refractivity contribution in [3.8, 4) is 0 Å². The lowest BCUT2D eigenvalue weighted by atomic mass is 10.1. The highest BCUT2D eigenvalue weighted by Crippen LogP contribution is 2.11. The molecular formula is C10H18N2O6S. The number of amides is 2. The number of aliphatic carboxylic acids is 1. The molecule has 1 fully saturated rings. The van der Waals surface area contributed by atoms with Gasteiger partial charge >= 0.3 is 12.0 Å². The van der Waals surface area contributed by atoms with E-state index in [9.17, 15) is 18.0 Å². The Labute approximate surface area is 111 Å². The second kappa shape index (κ2) is 6.71. The fraction of sp³-hybridized carbons (Fsp3) is 0.800. The predicted octanol–water partition coefficient (Wildman–Crippen LogP) is -1.04. The SMILES string of the molecule is COCC(NC(=O)NC1CCS(=O)(=O)CC1)C(=O)O. The Hall–Kier alpha value is -1.35. The van der Waals surface area contributed by atoms with Crippen molar-refractivity contribution in [2.75, 3.05) is 25.2 Å². The number of carboxylic acid groups (broad SMARTS) is 1. The summed E-state index contributed by atoms with van der Waals surface area (Å²) in [5.74, 6) is -1.11. The summed E-state index contributed by atoms with van der Waals surface area (Å²) in [7, 11) is -1.65. The van der Waals surface area contributed by atoms with Gasteiger partial charge in [0.05, 0.1) is 18.1 Å². The van der Waals surface area contributed by atoms with Gasteiger partial charge in [-0.3, -0.25) is 0 Å². The lowest BCUT2D eigenvalue weighted by molar-refractivity contribution is -0.140. The normalized spacial score (nSPS) is 20.5. The molecule has 0 bridgehead atoms. The van der Waals surface area contributed by atoms with Crippen LogP contribution in [-0.4, -0.2) is 62.8 Å². The van der Waals surface area contributed by atoms with Crippen LogP contribution in [0.2, 0.25) is 0 Å². The molecule has 0 aromatic heterocycles. The van der Waals surface area contributed by atoms with E-state index >= 15 is 0 Å². The van der Waals surface area contributed by atoms with Crippen molar-refractivity contribution in [3.05, 3.63) is 0 Å². The molecule has 1 heterocycles. The largest absolute Gasteiger partial charge is 0.480 e. The van der Waals surface area contributed by atoms with Gasteiger partial charge in [0.2, 0.25) is 0 Å². The van der Waals surface area contributed by atoms with E-state index in [1.165, 1.54) is 7.11 Å². The number of hydrogen-bond acceptors (Lipinski definition) is 5. The van der Waals surface area contributed by atoms with Crippen molar-refractivity contribution < 1.29 is 27.9 Å². The zero-order valence-electron chi connectivity index (χ0n) is 10.6. The summed E-state index contributed by atoms with van der Waals surface area (Å²) < 4.78 is 27.1. The maximum absolute atomic E-state index is 11.6. The molecule has 0 radical (unpaired) electrons. The zero-order chi connectivity index (χ0) is 14.5. The molecule has 9 heteroatoms. The number of sulfone groups is 1. The Balaban J connectivity index is 2.41. The van der Waals surface area contributed by atoms with Gasteiger partial charge in [-0.25, -0.2) is 18.0 Å². The standard InChI is InChI=1S/C10H18N2O6S/c1-18-6-8(9(13)14)12-10(15)11-7-2-4-19(16,17)5-3-7/h7-8H,2-6H2,1H3,(H,13,14)(H2,11,12,15). The fourth-order valence-electron chi connectivity index (χ4n) is 1.76. The summed E-state index contributed by atoms with van der Waals surface area (Å²) in [6.07, 6.45) is 0.690. The van der Waals surface area contributed by atoms with Crippen LogP contribution in [0.25, 0.3) is 0 Å². The summed E-state index contributed by atoms with van der Waals surface area (Å²) in [5, 5.41) is 13.7. The van der Waals surface area contributed by atoms with Crippen LogP contribution in [0, 0.1) is 0 Å². The topological polar surface area (TPSA) is 122 Å². The maximum atomic E-state index is 11.6. The van der Waals surface area contributed by atoms with Gasteiger partial charge in [-0.2, -0.15) is 0 Å². The van der Waals surface area contributed by atoms with E-state index in [-0.39, 0.29) is 24.2 Å². The van der Waals surface area contributed by atoms with Gasteiger partial charge in [-0.15, -0.1) is 0 Å². The second-order valence-corrected chi connectivity index (χ2v) is 6.69. The first-order valence-electron chi connectivity index (χ1n) is 5.83. The first kappa shape index (κ1) is 15.7. The highest BCUT2D eigenvalue weighted by molar-refractivity contribution is 7.91. The minimum atomic E-state index is -2.98. The Bertz CT molecular complexity index is 421. The molecule has 1 unspecified atom stereocenters. The lowest BCUT2D eigenvalue weighted by Gasteiger charge is -2.24.